The Labute approximate surface area is 105 Å². The minimum absolute atomic E-state index is 0.651. The standard InChI is InChI=1S/C15H24N2/c1-2-9-17-15(6-5-13-3-4-13)12-14-7-10-16-11-8-14/h7-8,10-11,13,15,17H,2-6,9,12H2,1H3. The van der Waals surface area contributed by atoms with Gasteiger partial charge < -0.3 is 5.32 Å². The zero-order valence-electron chi connectivity index (χ0n) is 10.9. The molecule has 1 unspecified atom stereocenters. The van der Waals surface area contributed by atoms with Gasteiger partial charge in [-0.3, -0.25) is 4.98 Å². The fourth-order valence-electron chi connectivity index (χ4n) is 2.27. The van der Waals surface area contributed by atoms with Gasteiger partial charge in [0.15, 0.2) is 0 Å². The van der Waals surface area contributed by atoms with E-state index in [1.54, 1.807) is 0 Å². The van der Waals surface area contributed by atoms with Crippen molar-refractivity contribution >= 4 is 0 Å². The zero-order valence-corrected chi connectivity index (χ0v) is 10.9. The molecule has 2 rings (SSSR count). The first-order valence-electron chi connectivity index (χ1n) is 7.00. The van der Waals surface area contributed by atoms with Crippen LogP contribution in [0, 0.1) is 5.92 Å². The van der Waals surface area contributed by atoms with Crippen LogP contribution in [0.4, 0.5) is 0 Å². The first kappa shape index (κ1) is 12.6. The van der Waals surface area contributed by atoms with Gasteiger partial charge in [-0.2, -0.15) is 0 Å². The minimum Gasteiger partial charge on any atom is -0.314 e. The summed E-state index contributed by atoms with van der Waals surface area (Å²) >= 11 is 0. The van der Waals surface area contributed by atoms with Crippen molar-refractivity contribution in [3.05, 3.63) is 30.1 Å². The smallest absolute Gasteiger partial charge is 0.0270 e. The van der Waals surface area contributed by atoms with Crippen molar-refractivity contribution < 1.29 is 0 Å². The van der Waals surface area contributed by atoms with Crippen molar-refractivity contribution in [2.75, 3.05) is 6.54 Å². The molecule has 1 heterocycles. The SMILES string of the molecule is CCCNC(CCC1CC1)Cc1ccncc1. The quantitative estimate of drug-likeness (QED) is 0.744. The average Bonchev–Trinajstić information content (AvgIpc) is 3.18. The van der Waals surface area contributed by atoms with Crippen LogP contribution in [0.5, 0.6) is 0 Å². The number of hydrogen-bond acceptors (Lipinski definition) is 2. The third-order valence-corrected chi connectivity index (χ3v) is 3.53. The number of nitrogens with zero attached hydrogens (tertiary/aromatic N) is 1. The van der Waals surface area contributed by atoms with Gasteiger partial charge >= 0.3 is 0 Å². The third kappa shape index (κ3) is 4.86. The summed E-state index contributed by atoms with van der Waals surface area (Å²) in [5.41, 5.74) is 1.41. The Morgan fingerprint density at radius 1 is 1.35 bits per heavy atom. The van der Waals surface area contributed by atoms with Gasteiger partial charge in [0.2, 0.25) is 0 Å². The van der Waals surface area contributed by atoms with Crippen LogP contribution >= 0.6 is 0 Å². The molecule has 2 heteroatoms. The summed E-state index contributed by atoms with van der Waals surface area (Å²) in [5.74, 6) is 1.04. The summed E-state index contributed by atoms with van der Waals surface area (Å²) in [5, 5.41) is 3.68. The van der Waals surface area contributed by atoms with Gasteiger partial charge in [0.25, 0.3) is 0 Å². The molecule has 2 nitrogen and oxygen atoms in total. The lowest BCUT2D eigenvalue weighted by molar-refractivity contribution is 0.452. The fourth-order valence-corrected chi connectivity index (χ4v) is 2.27. The molecule has 1 fully saturated rings. The Bertz CT molecular complexity index is 306. The van der Waals surface area contributed by atoms with Gasteiger partial charge in [0.05, 0.1) is 0 Å². The molecule has 94 valence electrons. The number of hydrogen-bond donors (Lipinski definition) is 1. The molecule has 0 spiro atoms. The van der Waals surface area contributed by atoms with E-state index in [0.717, 1.165) is 18.9 Å². The number of rotatable bonds is 8. The van der Waals surface area contributed by atoms with Crippen LogP contribution < -0.4 is 5.32 Å². The van der Waals surface area contributed by atoms with Crippen LogP contribution in [0.3, 0.4) is 0 Å². The maximum atomic E-state index is 4.08. The van der Waals surface area contributed by atoms with Gasteiger partial charge in [0, 0.05) is 18.4 Å². The minimum atomic E-state index is 0.651. The molecule has 0 radical (unpaired) electrons. The molecule has 1 N–H and O–H groups in total. The molecule has 1 saturated carbocycles. The third-order valence-electron chi connectivity index (χ3n) is 3.53. The summed E-state index contributed by atoms with van der Waals surface area (Å²) in [6.45, 7) is 3.37. The van der Waals surface area contributed by atoms with E-state index in [9.17, 15) is 0 Å². The van der Waals surface area contributed by atoms with E-state index in [-0.39, 0.29) is 0 Å². The molecule has 1 aliphatic carbocycles. The van der Waals surface area contributed by atoms with Gasteiger partial charge in [0.1, 0.15) is 0 Å². The van der Waals surface area contributed by atoms with Crippen molar-refractivity contribution in [3.8, 4) is 0 Å². The van der Waals surface area contributed by atoms with Gasteiger partial charge in [-0.25, -0.2) is 0 Å². The number of aromatic nitrogens is 1. The molecule has 1 aromatic rings. The second-order valence-corrected chi connectivity index (χ2v) is 5.23. The molecule has 0 aromatic carbocycles. The zero-order chi connectivity index (χ0) is 11.9. The topological polar surface area (TPSA) is 24.9 Å². The Morgan fingerprint density at radius 2 is 2.12 bits per heavy atom. The molecule has 0 aliphatic heterocycles. The molecule has 0 saturated heterocycles. The Kier molecular flexibility index (Phi) is 4.99. The predicted octanol–water partition coefficient (Wildman–Crippen LogP) is 3.18. The molecule has 1 aliphatic rings. The van der Waals surface area contributed by atoms with Crippen molar-refractivity contribution in [1.29, 1.82) is 0 Å². The van der Waals surface area contributed by atoms with Crippen LogP contribution in [0.15, 0.2) is 24.5 Å². The lowest BCUT2D eigenvalue weighted by Crippen LogP contribution is -2.31. The predicted molar refractivity (Wildman–Crippen MR) is 72.0 cm³/mol. The van der Waals surface area contributed by atoms with Crippen molar-refractivity contribution in [2.24, 2.45) is 5.92 Å². The Morgan fingerprint density at radius 3 is 2.76 bits per heavy atom. The highest BCUT2D eigenvalue weighted by Gasteiger charge is 2.22. The average molecular weight is 232 g/mol. The van der Waals surface area contributed by atoms with Gasteiger partial charge in [-0.15, -0.1) is 0 Å². The maximum absolute atomic E-state index is 4.08. The van der Waals surface area contributed by atoms with Crippen molar-refractivity contribution in [3.63, 3.8) is 0 Å². The maximum Gasteiger partial charge on any atom is 0.0270 e. The normalized spacial score (nSPS) is 17.0. The molecular weight excluding hydrogens is 208 g/mol. The fraction of sp³-hybridized carbons (Fsp3) is 0.667. The second-order valence-electron chi connectivity index (χ2n) is 5.23. The highest BCUT2D eigenvalue weighted by molar-refractivity contribution is 5.11. The Balaban J connectivity index is 1.80. The van der Waals surface area contributed by atoms with Crippen LogP contribution in [0.1, 0.15) is 44.6 Å². The summed E-state index contributed by atoms with van der Waals surface area (Å²) in [7, 11) is 0. The monoisotopic (exact) mass is 232 g/mol. The molecule has 0 amide bonds. The summed E-state index contributed by atoms with van der Waals surface area (Å²) in [6.07, 6.45) is 11.8. The summed E-state index contributed by atoms with van der Waals surface area (Å²) in [6, 6.07) is 4.92. The van der Waals surface area contributed by atoms with E-state index in [4.69, 9.17) is 0 Å². The van der Waals surface area contributed by atoms with Crippen molar-refractivity contribution in [1.82, 2.24) is 10.3 Å². The van der Waals surface area contributed by atoms with E-state index in [1.165, 1.54) is 37.7 Å². The van der Waals surface area contributed by atoms with Crippen LogP contribution in [0.2, 0.25) is 0 Å². The summed E-state index contributed by atoms with van der Waals surface area (Å²) in [4.78, 5) is 4.08. The summed E-state index contributed by atoms with van der Waals surface area (Å²) < 4.78 is 0. The second kappa shape index (κ2) is 6.75. The Hall–Kier alpha value is -0.890. The molecule has 1 aromatic heterocycles. The van der Waals surface area contributed by atoms with E-state index in [0.29, 0.717) is 6.04 Å². The van der Waals surface area contributed by atoms with Crippen molar-refractivity contribution in [2.45, 2.75) is 51.5 Å². The van der Waals surface area contributed by atoms with E-state index in [1.807, 2.05) is 12.4 Å². The van der Waals surface area contributed by atoms with E-state index >= 15 is 0 Å². The highest BCUT2D eigenvalue weighted by Crippen LogP contribution is 2.34. The lowest BCUT2D eigenvalue weighted by atomic mass is 10.0. The highest BCUT2D eigenvalue weighted by atomic mass is 14.9. The first-order chi connectivity index (χ1) is 8.38. The largest absolute Gasteiger partial charge is 0.314 e. The molecule has 17 heavy (non-hydrogen) atoms. The van der Waals surface area contributed by atoms with Crippen LogP contribution in [-0.4, -0.2) is 17.6 Å². The molecular formula is C15H24N2. The molecule has 1 atom stereocenters. The number of nitrogens with one attached hydrogen (secondary N) is 1. The van der Waals surface area contributed by atoms with Gasteiger partial charge in [-0.05, 0) is 55.8 Å². The van der Waals surface area contributed by atoms with Crippen LogP contribution in [-0.2, 0) is 6.42 Å². The first-order valence-corrected chi connectivity index (χ1v) is 7.00. The lowest BCUT2D eigenvalue weighted by Gasteiger charge is -2.18. The van der Waals surface area contributed by atoms with E-state index < -0.39 is 0 Å². The van der Waals surface area contributed by atoms with E-state index in [2.05, 4.69) is 29.4 Å². The van der Waals surface area contributed by atoms with Crippen LogP contribution in [0.25, 0.3) is 0 Å². The number of pyridine rings is 1. The van der Waals surface area contributed by atoms with Gasteiger partial charge in [-0.1, -0.05) is 19.8 Å². The molecule has 0 bridgehead atoms.